The lowest BCUT2D eigenvalue weighted by Crippen LogP contribution is -2.47. The molecule has 2 aromatic rings. The van der Waals surface area contributed by atoms with Gasteiger partial charge < -0.3 is 0 Å². The number of hydrogen-bond donors (Lipinski definition) is 0. The van der Waals surface area contributed by atoms with Gasteiger partial charge in [0.05, 0.1) is 0 Å². The Morgan fingerprint density at radius 2 is 1.84 bits per heavy atom. The molecule has 1 fully saturated rings. The summed E-state index contributed by atoms with van der Waals surface area (Å²) in [7, 11) is -3.75. The molecule has 0 unspecified atom stereocenters. The molecule has 0 amide bonds. The molecule has 0 spiro atoms. The largest absolute Gasteiger partial charge is 0.296 e. The number of piperidine rings is 1. The van der Waals surface area contributed by atoms with Crippen molar-refractivity contribution in [3.8, 4) is 0 Å². The zero-order valence-electron chi connectivity index (χ0n) is 13.9. The fourth-order valence-corrected chi connectivity index (χ4v) is 6.25. The third kappa shape index (κ3) is 3.26. The van der Waals surface area contributed by atoms with Gasteiger partial charge in [-0.3, -0.25) is 4.90 Å². The first-order chi connectivity index (χ1) is 12.1. The lowest BCUT2D eigenvalue weighted by atomic mass is 10.0. The molecule has 0 saturated carbocycles. The summed E-state index contributed by atoms with van der Waals surface area (Å²) >= 11 is 1.83. The van der Waals surface area contributed by atoms with Crippen molar-refractivity contribution >= 4 is 21.4 Å². The van der Waals surface area contributed by atoms with E-state index in [4.69, 9.17) is 0 Å². The lowest BCUT2D eigenvalue weighted by molar-refractivity contribution is 0.127. The van der Waals surface area contributed by atoms with E-state index in [0.29, 0.717) is 19.1 Å². The van der Waals surface area contributed by atoms with Gasteiger partial charge in [0.1, 0.15) is 10.7 Å². The molecule has 134 valence electrons. The van der Waals surface area contributed by atoms with Crippen molar-refractivity contribution in [2.75, 3.05) is 19.6 Å². The summed E-state index contributed by atoms with van der Waals surface area (Å²) in [6.07, 6.45) is 2.68. The SMILES string of the molecule is O=S(=O)(c1ccccc1F)N1CCC(N2CCc3sccc3C2)CC1. The predicted octanol–water partition coefficient (Wildman–Crippen LogP) is 3.10. The zero-order chi connectivity index (χ0) is 17.4. The average Bonchev–Trinajstić information content (AvgIpc) is 3.10. The molecule has 1 aromatic heterocycles. The molecule has 0 N–H and O–H groups in total. The summed E-state index contributed by atoms with van der Waals surface area (Å²) in [6, 6.07) is 8.22. The van der Waals surface area contributed by atoms with Crippen LogP contribution in [0.4, 0.5) is 4.39 Å². The maximum absolute atomic E-state index is 13.9. The number of halogens is 1. The van der Waals surface area contributed by atoms with Crippen LogP contribution in [0, 0.1) is 5.82 Å². The molecule has 0 atom stereocenters. The normalized spacial score (nSPS) is 20.5. The number of sulfonamides is 1. The van der Waals surface area contributed by atoms with Crippen LogP contribution in [0.2, 0.25) is 0 Å². The van der Waals surface area contributed by atoms with E-state index in [2.05, 4.69) is 16.3 Å². The Morgan fingerprint density at radius 3 is 2.60 bits per heavy atom. The topological polar surface area (TPSA) is 40.6 Å². The predicted molar refractivity (Wildman–Crippen MR) is 96.6 cm³/mol. The second-order valence-corrected chi connectivity index (χ2v) is 9.56. The minimum atomic E-state index is -3.75. The maximum Gasteiger partial charge on any atom is 0.245 e. The summed E-state index contributed by atoms with van der Waals surface area (Å²) in [6.45, 7) is 2.91. The number of thiophene rings is 1. The van der Waals surface area contributed by atoms with Gasteiger partial charge in [0.2, 0.25) is 10.0 Å². The number of benzene rings is 1. The van der Waals surface area contributed by atoms with E-state index in [9.17, 15) is 12.8 Å². The van der Waals surface area contributed by atoms with Crippen LogP contribution < -0.4 is 0 Å². The Bertz CT molecular complexity index is 857. The van der Waals surface area contributed by atoms with Crippen LogP contribution in [0.25, 0.3) is 0 Å². The lowest BCUT2D eigenvalue weighted by Gasteiger charge is -2.39. The number of fused-ring (bicyclic) bond motifs is 1. The van der Waals surface area contributed by atoms with Gasteiger partial charge in [-0.15, -0.1) is 11.3 Å². The van der Waals surface area contributed by atoms with Crippen molar-refractivity contribution in [3.63, 3.8) is 0 Å². The Labute approximate surface area is 151 Å². The van der Waals surface area contributed by atoms with Crippen LogP contribution in [0.3, 0.4) is 0 Å². The molecule has 3 heterocycles. The van der Waals surface area contributed by atoms with Crippen LogP contribution >= 0.6 is 11.3 Å². The Kier molecular flexibility index (Phi) is 4.66. The van der Waals surface area contributed by atoms with Crippen molar-refractivity contribution in [2.24, 2.45) is 0 Å². The van der Waals surface area contributed by atoms with E-state index >= 15 is 0 Å². The van der Waals surface area contributed by atoms with E-state index in [-0.39, 0.29) is 4.90 Å². The van der Waals surface area contributed by atoms with Crippen LogP contribution in [-0.2, 0) is 23.0 Å². The van der Waals surface area contributed by atoms with Gasteiger partial charge in [-0.1, -0.05) is 12.1 Å². The van der Waals surface area contributed by atoms with Gasteiger partial charge in [0, 0.05) is 37.1 Å². The van der Waals surface area contributed by atoms with Gasteiger partial charge in [0.15, 0.2) is 0 Å². The number of nitrogens with zero attached hydrogens (tertiary/aromatic N) is 2. The van der Waals surface area contributed by atoms with Crippen LogP contribution in [0.5, 0.6) is 0 Å². The van der Waals surface area contributed by atoms with E-state index in [1.165, 1.54) is 32.9 Å². The Morgan fingerprint density at radius 1 is 1.08 bits per heavy atom. The second-order valence-electron chi connectivity index (χ2n) is 6.66. The first-order valence-corrected chi connectivity index (χ1v) is 10.9. The molecular weight excluding hydrogens is 359 g/mol. The Balaban J connectivity index is 1.43. The highest BCUT2D eigenvalue weighted by Gasteiger charge is 2.33. The smallest absolute Gasteiger partial charge is 0.245 e. The molecule has 1 saturated heterocycles. The zero-order valence-corrected chi connectivity index (χ0v) is 15.5. The molecule has 2 aliphatic heterocycles. The van der Waals surface area contributed by atoms with Gasteiger partial charge in [-0.05, 0) is 48.4 Å². The highest BCUT2D eigenvalue weighted by molar-refractivity contribution is 7.89. The highest BCUT2D eigenvalue weighted by atomic mass is 32.2. The number of hydrogen-bond acceptors (Lipinski definition) is 4. The van der Waals surface area contributed by atoms with Crippen molar-refractivity contribution in [2.45, 2.75) is 36.7 Å². The summed E-state index contributed by atoms with van der Waals surface area (Å²) in [5.41, 5.74) is 1.41. The van der Waals surface area contributed by atoms with Crippen molar-refractivity contribution in [3.05, 3.63) is 52.0 Å². The van der Waals surface area contributed by atoms with Gasteiger partial charge in [-0.25, -0.2) is 12.8 Å². The van der Waals surface area contributed by atoms with E-state index in [1.807, 2.05) is 11.3 Å². The monoisotopic (exact) mass is 380 g/mol. The minimum absolute atomic E-state index is 0.214. The molecule has 4 nitrogen and oxygen atoms in total. The average molecular weight is 381 g/mol. The molecule has 4 rings (SSSR count). The molecular formula is C18H21FN2O2S2. The second kappa shape index (κ2) is 6.79. The molecule has 2 aliphatic rings. The molecule has 0 bridgehead atoms. The van der Waals surface area contributed by atoms with Crippen LogP contribution in [-0.4, -0.2) is 43.3 Å². The fraction of sp³-hybridized carbons (Fsp3) is 0.444. The standard InChI is InChI=1S/C18H21FN2O2S2/c19-16-3-1-2-4-18(16)25(22,23)21-10-5-15(6-11-21)20-9-7-17-14(13-20)8-12-24-17/h1-4,8,12,15H,5-7,9-11,13H2. The van der Waals surface area contributed by atoms with E-state index < -0.39 is 15.8 Å². The van der Waals surface area contributed by atoms with Crippen molar-refractivity contribution in [1.29, 1.82) is 0 Å². The summed E-state index contributed by atoms with van der Waals surface area (Å²) in [4.78, 5) is 3.74. The number of rotatable bonds is 3. The third-order valence-corrected chi connectivity index (χ3v) is 8.19. The maximum atomic E-state index is 13.9. The third-order valence-electron chi connectivity index (χ3n) is 5.23. The van der Waals surface area contributed by atoms with Crippen molar-refractivity contribution < 1.29 is 12.8 Å². The highest BCUT2D eigenvalue weighted by Crippen LogP contribution is 2.29. The summed E-state index contributed by atoms with van der Waals surface area (Å²) in [5, 5.41) is 2.15. The molecule has 25 heavy (non-hydrogen) atoms. The van der Waals surface area contributed by atoms with Crippen molar-refractivity contribution in [1.82, 2.24) is 9.21 Å². The minimum Gasteiger partial charge on any atom is -0.296 e. The molecule has 7 heteroatoms. The molecule has 0 radical (unpaired) electrons. The van der Waals surface area contributed by atoms with E-state index in [1.54, 1.807) is 6.07 Å². The van der Waals surface area contributed by atoms with Crippen LogP contribution in [0.15, 0.2) is 40.6 Å². The summed E-state index contributed by atoms with van der Waals surface area (Å²) < 4.78 is 40.7. The first kappa shape index (κ1) is 17.1. The van der Waals surface area contributed by atoms with Crippen LogP contribution in [0.1, 0.15) is 23.3 Å². The molecule has 1 aromatic carbocycles. The summed E-state index contributed by atoms with van der Waals surface area (Å²) in [5.74, 6) is -0.675. The quantitative estimate of drug-likeness (QED) is 0.822. The fourth-order valence-electron chi connectivity index (χ4n) is 3.82. The Hall–Kier alpha value is -1.28. The van der Waals surface area contributed by atoms with Gasteiger partial charge in [-0.2, -0.15) is 4.31 Å². The van der Waals surface area contributed by atoms with Gasteiger partial charge in [0.25, 0.3) is 0 Å². The van der Waals surface area contributed by atoms with E-state index in [0.717, 1.165) is 32.4 Å². The first-order valence-electron chi connectivity index (χ1n) is 8.59. The molecule has 0 aliphatic carbocycles. The van der Waals surface area contributed by atoms with Gasteiger partial charge >= 0.3 is 0 Å².